The van der Waals surface area contributed by atoms with Gasteiger partial charge in [-0.05, 0) is 36.9 Å². The monoisotopic (exact) mass is 317 g/mol. The van der Waals surface area contributed by atoms with Crippen LogP contribution in [0, 0.1) is 5.92 Å². The van der Waals surface area contributed by atoms with E-state index in [0.29, 0.717) is 16.9 Å². The van der Waals surface area contributed by atoms with Crippen LogP contribution in [0.2, 0.25) is 18.1 Å². The van der Waals surface area contributed by atoms with Crippen molar-refractivity contribution >= 4 is 13.8 Å². The molecule has 0 amide bonds. The molecular formula is C17H27N3OSi. The van der Waals surface area contributed by atoms with E-state index in [0.717, 1.165) is 12.1 Å². The highest BCUT2D eigenvalue weighted by molar-refractivity contribution is 6.74. The minimum absolute atomic E-state index is 0.294. The van der Waals surface area contributed by atoms with Crippen LogP contribution < -0.4 is 0 Å². The molecule has 0 N–H and O–H groups in total. The number of hydrogen-bond donors (Lipinski definition) is 0. The van der Waals surface area contributed by atoms with Gasteiger partial charge in [-0.25, -0.2) is 4.98 Å². The molecule has 0 aromatic carbocycles. The number of rotatable bonds is 4. The van der Waals surface area contributed by atoms with Gasteiger partial charge in [-0.15, -0.1) is 0 Å². The zero-order valence-corrected chi connectivity index (χ0v) is 15.3. The molecule has 22 heavy (non-hydrogen) atoms. The van der Waals surface area contributed by atoms with Crippen molar-refractivity contribution in [3.8, 4) is 0 Å². The Morgan fingerprint density at radius 3 is 2.73 bits per heavy atom. The summed E-state index contributed by atoms with van der Waals surface area (Å²) in [6.07, 6.45) is 9.96. The molecule has 0 saturated heterocycles. The van der Waals surface area contributed by atoms with Crippen LogP contribution in [0.4, 0.5) is 0 Å². The second kappa shape index (κ2) is 5.46. The SMILES string of the molecule is CC(C)(C)[Si](C)(C)OCC1CC(c2ncn3ccncc23)C1. The van der Waals surface area contributed by atoms with Gasteiger partial charge in [-0.3, -0.25) is 4.98 Å². The Bertz CT molecular complexity index is 653. The van der Waals surface area contributed by atoms with Crippen LogP contribution in [0.3, 0.4) is 0 Å². The summed E-state index contributed by atoms with van der Waals surface area (Å²) in [6.45, 7) is 12.5. The number of aromatic nitrogens is 3. The molecule has 2 heterocycles. The molecule has 120 valence electrons. The van der Waals surface area contributed by atoms with E-state index in [4.69, 9.17) is 4.43 Å². The molecule has 2 aromatic rings. The van der Waals surface area contributed by atoms with Gasteiger partial charge in [0.05, 0.1) is 23.7 Å². The lowest BCUT2D eigenvalue weighted by molar-refractivity contribution is 0.146. The fourth-order valence-corrected chi connectivity index (χ4v) is 3.90. The van der Waals surface area contributed by atoms with Crippen molar-refractivity contribution < 1.29 is 4.43 Å². The molecule has 0 aliphatic heterocycles. The van der Waals surface area contributed by atoms with E-state index >= 15 is 0 Å². The van der Waals surface area contributed by atoms with Gasteiger partial charge < -0.3 is 8.83 Å². The van der Waals surface area contributed by atoms with Gasteiger partial charge in [0.25, 0.3) is 0 Å². The molecule has 2 aromatic heterocycles. The maximum absolute atomic E-state index is 6.35. The molecule has 0 atom stereocenters. The topological polar surface area (TPSA) is 39.4 Å². The van der Waals surface area contributed by atoms with Crippen molar-refractivity contribution in [3.05, 3.63) is 30.6 Å². The van der Waals surface area contributed by atoms with E-state index in [2.05, 4.69) is 48.2 Å². The number of hydrogen-bond acceptors (Lipinski definition) is 3. The van der Waals surface area contributed by atoms with Gasteiger partial charge in [0.2, 0.25) is 0 Å². The quantitative estimate of drug-likeness (QED) is 0.792. The number of nitrogens with zero attached hydrogens (tertiary/aromatic N) is 3. The first-order valence-corrected chi connectivity index (χ1v) is 11.1. The minimum atomic E-state index is -1.61. The Kier molecular flexibility index (Phi) is 3.89. The molecule has 0 bridgehead atoms. The van der Waals surface area contributed by atoms with E-state index in [1.165, 1.54) is 18.5 Å². The predicted octanol–water partition coefficient (Wildman–Crippen LogP) is 4.24. The number of imidazole rings is 1. The Morgan fingerprint density at radius 1 is 1.32 bits per heavy atom. The summed E-state index contributed by atoms with van der Waals surface area (Å²) in [6, 6.07) is 0. The maximum atomic E-state index is 6.35. The van der Waals surface area contributed by atoms with E-state index in [1.54, 1.807) is 6.20 Å². The first kappa shape index (κ1) is 15.7. The van der Waals surface area contributed by atoms with Crippen molar-refractivity contribution in [1.29, 1.82) is 0 Å². The summed E-state index contributed by atoms with van der Waals surface area (Å²) < 4.78 is 8.41. The van der Waals surface area contributed by atoms with Crippen molar-refractivity contribution in [2.45, 2.75) is 57.7 Å². The van der Waals surface area contributed by atoms with E-state index in [9.17, 15) is 0 Å². The van der Waals surface area contributed by atoms with Crippen LogP contribution >= 0.6 is 0 Å². The molecular weight excluding hydrogens is 290 g/mol. The fraction of sp³-hybridized carbons (Fsp3) is 0.647. The first-order valence-electron chi connectivity index (χ1n) is 8.18. The van der Waals surface area contributed by atoms with E-state index in [1.807, 2.05) is 18.7 Å². The third-order valence-corrected chi connectivity index (χ3v) is 9.98. The van der Waals surface area contributed by atoms with Crippen LogP contribution in [0.5, 0.6) is 0 Å². The van der Waals surface area contributed by atoms with E-state index < -0.39 is 8.32 Å². The molecule has 1 fully saturated rings. The van der Waals surface area contributed by atoms with Crippen molar-refractivity contribution in [2.24, 2.45) is 5.92 Å². The first-order chi connectivity index (χ1) is 10.3. The third kappa shape index (κ3) is 2.84. The van der Waals surface area contributed by atoms with Gasteiger partial charge in [0.15, 0.2) is 8.32 Å². The predicted molar refractivity (Wildman–Crippen MR) is 91.6 cm³/mol. The van der Waals surface area contributed by atoms with Crippen molar-refractivity contribution in [3.63, 3.8) is 0 Å². The molecule has 1 saturated carbocycles. The molecule has 4 nitrogen and oxygen atoms in total. The van der Waals surface area contributed by atoms with Crippen LogP contribution in [0.25, 0.3) is 5.52 Å². The Hall–Kier alpha value is -1.20. The minimum Gasteiger partial charge on any atom is -0.417 e. The summed E-state index contributed by atoms with van der Waals surface area (Å²) in [4.78, 5) is 8.81. The van der Waals surface area contributed by atoms with E-state index in [-0.39, 0.29) is 0 Å². The van der Waals surface area contributed by atoms with Crippen molar-refractivity contribution in [2.75, 3.05) is 6.61 Å². The van der Waals surface area contributed by atoms with Crippen molar-refractivity contribution in [1.82, 2.24) is 14.4 Å². The molecule has 0 unspecified atom stereocenters. The average molecular weight is 318 g/mol. The second-order valence-electron chi connectivity index (χ2n) is 8.10. The summed E-state index contributed by atoms with van der Waals surface area (Å²) >= 11 is 0. The lowest BCUT2D eigenvalue weighted by Crippen LogP contribution is -2.43. The van der Waals surface area contributed by atoms with Crippen LogP contribution in [-0.4, -0.2) is 29.3 Å². The van der Waals surface area contributed by atoms with Gasteiger partial charge in [0, 0.05) is 24.9 Å². The summed E-state index contributed by atoms with van der Waals surface area (Å²) in [5.74, 6) is 1.26. The van der Waals surface area contributed by atoms with Crippen LogP contribution in [0.1, 0.15) is 45.2 Å². The smallest absolute Gasteiger partial charge is 0.191 e. The summed E-state index contributed by atoms with van der Waals surface area (Å²) in [5.41, 5.74) is 2.35. The zero-order valence-electron chi connectivity index (χ0n) is 14.3. The Balaban J connectivity index is 1.57. The molecule has 3 rings (SSSR count). The Labute approximate surface area is 134 Å². The lowest BCUT2D eigenvalue weighted by atomic mass is 9.73. The lowest BCUT2D eigenvalue weighted by Gasteiger charge is -2.40. The molecule has 0 radical (unpaired) electrons. The van der Waals surface area contributed by atoms with Gasteiger partial charge >= 0.3 is 0 Å². The van der Waals surface area contributed by atoms with Crippen LogP contribution in [-0.2, 0) is 4.43 Å². The average Bonchev–Trinajstić information content (AvgIpc) is 2.79. The van der Waals surface area contributed by atoms with Gasteiger partial charge in [0.1, 0.15) is 0 Å². The fourth-order valence-electron chi connectivity index (χ4n) is 2.81. The molecule has 1 aliphatic carbocycles. The highest BCUT2D eigenvalue weighted by Crippen LogP contribution is 2.44. The second-order valence-corrected chi connectivity index (χ2v) is 12.9. The maximum Gasteiger partial charge on any atom is 0.191 e. The molecule has 5 heteroatoms. The molecule has 1 aliphatic rings. The highest BCUT2D eigenvalue weighted by atomic mass is 28.4. The zero-order chi connectivity index (χ0) is 16.0. The van der Waals surface area contributed by atoms with Crippen LogP contribution in [0.15, 0.2) is 24.9 Å². The Morgan fingerprint density at radius 2 is 2.05 bits per heavy atom. The van der Waals surface area contributed by atoms with Gasteiger partial charge in [-0.1, -0.05) is 20.8 Å². The molecule has 0 spiro atoms. The summed E-state index contributed by atoms with van der Waals surface area (Å²) in [7, 11) is -1.61. The van der Waals surface area contributed by atoms with Gasteiger partial charge in [-0.2, -0.15) is 0 Å². The highest BCUT2D eigenvalue weighted by Gasteiger charge is 2.39. The summed E-state index contributed by atoms with van der Waals surface area (Å²) in [5, 5.41) is 0.294. The largest absolute Gasteiger partial charge is 0.417 e. The normalized spacial score (nSPS) is 22.8. The number of fused-ring (bicyclic) bond motifs is 1. The third-order valence-electron chi connectivity index (χ3n) is 5.48. The standard InChI is InChI=1S/C17H27N3OSi/c1-17(2,3)22(4,5)21-11-13-8-14(9-13)16-15-10-18-6-7-20(15)12-19-16/h6-7,10,12-14H,8-9,11H2,1-5H3.